The Morgan fingerprint density at radius 3 is 2.56 bits per heavy atom. The van der Waals surface area contributed by atoms with Gasteiger partial charge in [0.25, 0.3) is 0 Å². The number of rotatable bonds is 5. The van der Waals surface area contributed by atoms with Gasteiger partial charge in [-0.25, -0.2) is 0 Å². The molecule has 0 aliphatic heterocycles. The van der Waals surface area contributed by atoms with Gasteiger partial charge < -0.3 is 5.11 Å². The van der Waals surface area contributed by atoms with E-state index >= 15 is 0 Å². The molecule has 25 heavy (non-hydrogen) atoms. The third-order valence-corrected chi connectivity index (χ3v) is 6.11. The lowest BCUT2D eigenvalue weighted by Gasteiger charge is -2.43. The fourth-order valence-electron chi connectivity index (χ4n) is 3.60. The number of pyridine rings is 1. The topological polar surface area (TPSA) is 45.2 Å². The number of nitrogens with one attached hydrogen (secondary N) is 1. The highest BCUT2D eigenvalue weighted by molar-refractivity contribution is 7.10. The number of thiophene rings is 1. The largest absolute Gasteiger partial charge is 0.417 e. The standard InChI is InChI=1S/C18H21F3N2OS/c1-16(15-6-2-5-10-22-15,17(24)8-3-4-9-17)23-12-14-13(7-11-25-14)18(19,20)21/h2,5-7,10-11,23-24H,3-4,8-9,12H2,1H3. The molecule has 7 heteroatoms. The molecule has 3 rings (SSSR count). The first-order chi connectivity index (χ1) is 11.8. The van der Waals surface area contributed by atoms with E-state index in [1.165, 1.54) is 5.38 Å². The number of aliphatic hydroxyl groups is 1. The average Bonchev–Trinajstić information content (AvgIpc) is 3.23. The molecule has 2 heterocycles. The highest BCUT2D eigenvalue weighted by Gasteiger charge is 2.50. The summed E-state index contributed by atoms with van der Waals surface area (Å²) in [5.41, 5.74) is -1.93. The van der Waals surface area contributed by atoms with Gasteiger partial charge in [0.15, 0.2) is 0 Å². The van der Waals surface area contributed by atoms with Crippen molar-refractivity contribution >= 4 is 11.3 Å². The Labute approximate surface area is 148 Å². The van der Waals surface area contributed by atoms with Gasteiger partial charge in [0.2, 0.25) is 0 Å². The molecule has 1 aliphatic carbocycles. The predicted octanol–water partition coefficient (Wildman–Crippen LogP) is 4.47. The van der Waals surface area contributed by atoms with E-state index in [9.17, 15) is 18.3 Å². The molecule has 1 atom stereocenters. The maximum atomic E-state index is 13.1. The van der Waals surface area contributed by atoms with Crippen LogP contribution >= 0.6 is 11.3 Å². The molecular weight excluding hydrogens is 349 g/mol. The molecule has 2 aromatic heterocycles. The van der Waals surface area contributed by atoms with Gasteiger partial charge in [0.1, 0.15) is 0 Å². The fraction of sp³-hybridized carbons (Fsp3) is 0.500. The summed E-state index contributed by atoms with van der Waals surface area (Å²) in [5.74, 6) is 0. The van der Waals surface area contributed by atoms with E-state index in [0.717, 1.165) is 30.2 Å². The number of nitrogens with zero attached hydrogens (tertiary/aromatic N) is 1. The molecule has 136 valence electrons. The molecular formula is C18H21F3N2OS. The van der Waals surface area contributed by atoms with Crippen LogP contribution in [0.25, 0.3) is 0 Å². The first-order valence-electron chi connectivity index (χ1n) is 8.29. The summed E-state index contributed by atoms with van der Waals surface area (Å²) in [7, 11) is 0. The molecule has 1 unspecified atom stereocenters. The second-order valence-electron chi connectivity index (χ2n) is 6.69. The maximum Gasteiger partial charge on any atom is 0.417 e. The van der Waals surface area contributed by atoms with Crippen molar-refractivity contribution in [3.05, 3.63) is 52.0 Å². The minimum absolute atomic E-state index is 0.0297. The van der Waals surface area contributed by atoms with E-state index in [1.54, 1.807) is 12.3 Å². The van der Waals surface area contributed by atoms with Crippen LogP contribution in [-0.4, -0.2) is 15.7 Å². The van der Waals surface area contributed by atoms with Crippen molar-refractivity contribution in [1.82, 2.24) is 10.3 Å². The monoisotopic (exact) mass is 370 g/mol. The van der Waals surface area contributed by atoms with E-state index in [0.29, 0.717) is 18.5 Å². The van der Waals surface area contributed by atoms with Gasteiger partial charge in [-0.15, -0.1) is 11.3 Å². The van der Waals surface area contributed by atoms with Crippen LogP contribution < -0.4 is 5.32 Å². The molecule has 2 N–H and O–H groups in total. The molecule has 0 bridgehead atoms. The summed E-state index contributed by atoms with van der Waals surface area (Å²) in [6.07, 6.45) is 0.261. The van der Waals surface area contributed by atoms with Crippen molar-refractivity contribution in [1.29, 1.82) is 0 Å². The molecule has 0 saturated heterocycles. The van der Waals surface area contributed by atoms with Crippen LogP contribution in [0.5, 0.6) is 0 Å². The number of hydrogen-bond acceptors (Lipinski definition) is 4. The Balaban J connectivity index is 1.91. The normalized spacial score (nSPS) is 19.7. The van der Waals surface area contributed by atoms with Crippen molar-refractivity contribution in [2.75, 3.05) is 0 Å². The summed E-state index contributed by atoms with van der Waals surface area (Å²) >= 11 is 1.07. The second kappa shape index (κ2) is 6.70. The Morgan fingerprint density at radius 1 is 1.24 bits per heavy atom. The molecule has 0 amide bonds. The summed E-state index contributed by atoms with van der Waals surface area (Å²) < 4.78 is 39.4. The van der Waals surface area contributed by atoms with Crippen LogP contribution in [-0.2, 0) is 18.3 Å². The first kappa shape index (κ1) is 18.4. The van der Waals surface area contributed by atoms with E-state index in [-0.39, 0.29) is 11.4 Å². The number of alkyl halides is 3. The lowest BCUT2D eigenvalue weighted by Crippen LogP contribution is -2.57. The van der Waals surface area contributed by atoms with E-state index in [1.807, 2.05) is 19.1 Å². The predicted molar refractivity (Wildman–Crippen MR) is 91.2 cm³/mol. The van der Waals surface area contributed by atoms with Crippen LogP contribution in [0, 0.1) is 0 Å². The summed E-state index contributed by atoms with van der Waals surface area (Å²) in [6.45, 7) is 1.86. The second-order valence-corrected chi connectivity index (χ2v) is 7.69. The van der Waals surface area contributed by atoms with E-state index in [4.69, 9.17) is 0 Å². The average molecular weight is 370 g/mol. The van der Waals surface area contributed by atoms with Gasteiger partial charge in [-0.05, 0) is 43.3 Å². The van der Waals surface area contributed by atoms with E-state index < -0.39 is 22.9 Å². The zero-order valence-electron chi connectivity index (χ0n) is 13.9. The smallest absolute Gasteiger partial charge is 0.388 e. The van der Waals surface area contributed by atoms with Crippen molar-refractivity contribution < 1.29 is 18.3 Å². The molecule has 1 fully saturated rings. The molecule has 3 nitrogen and oxygen atoms in total. The molecule has 1 aliphatic rings. The van der Waals surface area contributed by atoms with Crippen molar-refractivity contribution in [2.24, 2.45) is 0 Å². The minimum Gasteiger partial charge on any atom is -0.388 e. The Hall–Kier alpha value is -1.44. The molecule has 1 saturated carbocycles. The van der Waals surface area contributed by atoms with Gasteiger partial charge in [0, 0.05) is 17.6 Å². The van der Waals surface area contributed by atoms with Crippen molar-refractivity contribution in [3.63, 3.8) is 0 Å². The van der Waals surface area contributed by atoms with Crippen LogP contribution in [0.2, 0.25) is 0 Å². The molecule has 0 radical (unpaired) electrons. The third kappa shape index (κ3) is 3.45. The fourth-order valence-corrected chi connectivity index (χ4v) is 4.43. The zero-order chi connectivity index (χ0) is 18.1. The quantitative estimate of drug-likeness (QED) is 0.816. The molecule has 2 aromatic rings. The first-order valence-corrected chi connectivity index (χ1v) is 9.17. The number of halogens is 3. The van der Waals surface area contributed by atoms with Crippen LogP contribution in [0.3, 0.4) is 0 Å². The van der Waals surface area contributed by atoms with Crippen LogP contribution in [0.4, 0.5) is 13.2 Å². The number of aromatic nitrogens is 1. The van der Waals surface area contributed by atoms with E-state index in [2.05, 4.69) is 10.3 Å². The minimum atomic E-state index is -4.37. The zero-order valence-corrected chi connectivity index (χ0v) is 14.8. The van der Waals surface area contributed by atoms with Crippen molar-refractivity contribution in [2.45, 2.75) is 56.5 Å². The maximum absolute atomic E-state index is 13.1. The van der Waals surface area contributed by atoms with Crippen molar-refractivity contribution in [3.8, 4) is 0 Å². The lowest BCUT2D eigenvalue weighted by atomic mass is 9.76. The molecule has 0 spiro atoms. The third-order valence-electron chi connectivity index (χ3n) is 5.19. The summed E-state index contributed by atoms with van der Waals surface area (Å²) in [5, 5.41) is 15.9. The van der Waals surface area contributed by atoms with Crippen LogP contribution in [0.15, 0.2) is 35.8 Å². The highest BCUT2D eigenvalue weighted by Crippen LogP contribution is 2.44. The van der Waals surface area contributed by atoms with Gasteiger partial charge in [-0.3, -0.25) is 10.3 Å². The van der Waals surface area contributed by atoms with Gasteiger partial charge in [-0.1, -0.05) is 18.9 Å². The van der Waals surface area contributed by atoms with Crippen LogP contribution in [0.1, 0.15) is 48.7 Å². The molecule has 0 aromatic carbocycles. The Kier molecular flexibility index (Phi) is 4.92. The van der Waals surface area contributed by atoms with Gasteiger partial charge >= 0.3 is 6.18 Å². The number of hydrogen-bond donors (Lipinski definition) is 2. The lowest BCUT2D eigenvalue weighted by molar-refractivity contribution is -0.138. The Morgan fingerprint density at radius 2 is 1.96 bits per heavy atom. The van der Waals surface area contributed by atoms with Gasteiger partial charge in [-0.2, -0.15) is 13.2 Å². The Bertz CT molecular complexity index is 711. The highest BCUT2D eigenvalue weighted by atomic mass is 32.1. The summed E-state index contributed by atoms with van der Waals surface area (Å²) in [6, 6.07) is 6.52. The SMILES string of the molecule is CC(NCc1sccc1C(F)(F)F)(c1ccccn1)C1(O)CCCC1. The summed E-state index contributed by atoms with van der Waals surface area (Å²) in [4.78, 5) is 4.59. The van der Waals surface area contributed by atoms with Gasteiger partial charge in [0.05, 0.1) is 22.4 Å².